The highest BCUT2D eigenvalue weighted by Crippen LogP contribution is 2.25. The van der Waals surface area contributed by atoms with Gasteiger partial charge in [0.1, 0.15) is 5.82 Å². The van der Waals surface area contributed by atoms with E-state index in [1.54, 1.807) is 6.20 Å². The zero-order chi connectivity index (χ0) is 11.7. The third-order valence-electron chi connectivity index (χ3n) is 3.28. The lowest BCUT2D eigenvalue weighted by Gasteiger charge is -2.21. The summed E-state index contributed by atoms with van der Waals surface area (Å²) >= 11 is 0. The highest BCUT2D eigenvalue weighted by Gasteiger charge is 2.20. The van der Waals surface area contributed by atoms with Crippen LogP contribution in [0.3, 0.4) is 0 Å². The number of aldehydes is 1. The predicted molar refractivity (Wildman–Crippen MR) is 63.4 cm³/mol. The van der Waals surface area contributed by atoms with Crippen molar-refractivity contribution in [2.45, 2.75) is 18.8 Å². The van der Waals surface area contributed by atoms with Gasteiger partial charge in [-0.15, -0.1) is 0 Å². The lowest BCUT2D eigenvalue weighted by molar-refractivity contribution is 0.0779. The van der Waals surface area contributed by atoms with Crippen molar-refractivity contribution >= 4 is 11.8 Å². The van der Waals surface area contributed by atoms with E-state index in [4.69, 9.17) is 4.74 Å². The monoisotopic (exact) mass is 230 g/mol. The zero-order valence-electron chi connectivity index (χ0n) is 9.50. The number of rotatable bonds is 2. The summed E-state index contributed by atoms with van der Waals surface area (Å²) in [6.45, 7) is 1.57. The minimum absolute atomic E-state index is 0.341. The number of carbonyl (C=O) groups excluding carboxylic acids is 1. The van der Waals surface area contributed by atoms with Gasteiger partial charge in [-0.05, 0) is 25.0 Å². The molecule has 0 bridgehead atoms. The summed E-state index contributed by atoms with van der Waals surface area (Å²) in [6, 6.07) is 3.69. The van der Waals surface area contributed by atoms with Gasteiger partial charge in [0.2, 0.25) is 0 Å². The first-order chi connectivity index (χ1) is 8.40. The standard InChI is InChI=1S/C13H14N2O2/c16-8-10-3-1-5-15-12(10)7-14-13(15)11-4-2-6-17-9-11/h1,3,5,7-8,11H,2,4,6,9H2. The van der Waals surface area contributed by atoms with E-state index in [1.165, 1.54) is 0 Å². The van der Waals surface area contributed by atoms with Crippen LogP contribution < -0.4 is 0 Å². The SMILES string of the molecule is O=Cc1cccn2c(C3CCCOC3)ncc12. The number of carbonyl (C=O) groups is 1. The van der Waals surface area contributed by atoms with Crippen LogP contribution in [0.2, 0.25) is 0 Å². The minimum atomic E-state index is 0.341. The van der Waals surface area contributed by atoms with E-state index in [1.807, 2.05) is 22.7 Å². The maximum Gasteiger partial charge on any atom is 0.152 e. The molecule has 0 spiro atoms. The van der Waals surface area contributed by atoms with Crippen LogP contribution in [0.4, 0.5) is 0 Å². The fraction of sp³-hybridized carbons (Fsp3) is 0.385. The van der Waals surface area contributed by atoms with Gasteiger partial charge in [-0.1, -0.05) is 0 Å². The molecule has 17 heavy (non-hydrogen) atoms. The highest BCUT2D eigenvalue weighted by atomic mass is 16.5. The number of hydrogen-bond donors (Lipinski definition) is 0. The molecule has 0 aliphatic carbocycles. The molecule has 0 radical (unpaired) electrons. The molecule has 88 valence electrons. The maximum atomic E-state index is 10.9. The third-order valence-corrected chi connectivity index (χ3v) is 3.28. The number of fused-ring (bicyclic) bond motifs is 1. The van der Waals surface area contributed by atoms with Crippen LogP contribution in [-0.4, -0.2) is 28.9 Å². The van der Waals surface area contributed by atoms with Crippen LogP contribution in [0.25, 0.3) is 5.52 Å². The van der Waals surface area contributed by atoms with Crippen molar-refractivity contribution in [3.8, 4) is 0 Å². The van der Waals surface area contributed by atoms with Gasteiger partial charge in [0.05, 0.1) is 18.3 Å². The third kappa shape index (κ3) is 1.74. The van der Waals surface area contributed by atoms with E-state index >= 15 is 0 Å². The molecule has 1 unspecified atom stereocenters. The van der Waals surface area contributed by atoms with E-state index in [9.17, 15) is 4.79 Å². The van der Waals surface area contributed by atoms with Gasteiger partial charge in [0.15, 0.2) is 6.29 Å². The van der Waals surface area contributed by atoms with Crippen LogP contribution in [0.15, 0.2) is 24.5 Å². The van der Waals surface area contributed by atoms with Gasteiger partial charge in [-0.3, -0.25) is 4.79 Å². The van der Waals surface area contributed by atoms with Crippen LogP contribution in [-0.2, 0) is 4.74 Å². The second kappa shape index (κ2) is 4.30. The predicted octanol–water partition coefficient (Wildman–Crippen LogP) is 2.04. The van der Waals surface area contributed by atoms with E-state index in [-0.39, 0.29) is 0 Å². The van der Waals surface area contributed by atoms with Crippen LogP contribution in [0.1, 0.15) is 34.9 Å². The van der Waals surface area contributed by atoms with Gasteiger partial charge in [0, 0.05) is 24.3 Å². The molecule has 1 aliphatic rings. The molecule has 0 N–H and O–H groups in total. The second-order valence-corrected chi connectivity index (χ2v) is 4.37. The summed E-state index contributed by atoms with van der Waals surface area (Å²) in [7, 11) is 0. The smallest absolute Gasteiger partial charge is 0.152 e. The molecular weight excluding hydrogens is 216 g/mol. The summed E-state index contributed by atoms with van der Waals surface area (Å²) < 4.78 is 7.49. The van der Waals surface area contributed by atoms with Gasteiger partial charge < -0.3 is 9.14 Å². The summed E-state index contributed by atoms with van der Waals surface area (Å²) in [5.41, 5.74) is 1.56. The van der Waals surface area contributed by atoms with Gasteiger partial charge >= 0.3 is 0 Å². The Kier molecular flexibility index (Phi) is 2.65. The Morgan fingerprint density at radius 2 is 2.47 bits per heavy atom. The number of hydrogen-bond acceptors (Lipinski definition) is 3. The zero-order valence-corrected chi connectivity index (χ0v) is 9.50. The average molecular weight is 230 g/mol. The lowest BCUT2D eigenvalue weighted by Crippen LogP contribution is -2.17. The molecule has 0 saturated carbocycles. The fourth-order valence-electron chi connectivity index (χ4n) is 2.41. The van der Waals surface area contributed by atoms with Crippen molar-refractivity contribution < 1.29 is 9.53 Å². The van der Waals surface area contributed by atoms with E-state index in [0.29, 0.717) is 11.5 Å². The molecule has 2 aromatic rings. The van der Waals surface area contributed by atoms with Gasteiger partial charge in [-0.25, -0.2) is 4.98 Å². The second-order valence-electron chi connectivity index (χ2n) is 4.37. The Bertz CT molecular complexity index is 541. The Labute approximate surface area is 99.2 Å². The number of ether oxygens (including phenoxy) is 1. The first kappa shape index (κ1) is 10.5. The number of aromatic nitrogens is 2. The Balaban J connectivity index is 2.08. The highest BCUT2D eigenvalue weighted by molar-refractivity contribution is 5.85. The molecule has 1 fully saturated rings. The number of imidazole rings is 1. The topological polar surface area (TPSA) is 43.6 Å². The van der Waals surface area contributed by atoms with E-state index < -0.39 is 0 Å². The van der Waals surface area contributed by atoms with E-state index in [2.05, 4.69) is 4.98 Å². The molecule has 3 heterocycles. The van der Waals surface area contributed by atoms with Crippen molar-refractivity contribution in [2.24, 2.45) is 0 Å². The normalized spacial score (nSPS) is 20.6. The fourth-order valence-corrected chi connectivity index (χ4v) is 2.41. The molecule has 0 amide bonds. The molecule has 0 aromatic carbocycles. The summed E-state index contributed by atoms with van der Waals surface area (Å²) in [6.07, 6.45) is 6.78. The summed E-state index contributed by atoms with van der Waals surface area (Å²) in [5, 5.41) is 0. The maximum absolute atomic E-state index is 10.9. The molecule has 4 heteroatoms. The lowest BCUT2D eigenvalue weighted by atomic mass is 10.0. The quantitative estimate of drug-likeness (QED) is 0.741. The molecule has 1 saturated heterocycles. The molecule has 4 nitrogen and oxygen atoms in total. The Hall–Kier alpha value is -1.68. The van der Waals surface area contributed by atoms with Crippen molar-refractivity contribution in [1.82, 2.24) is 9.38 Å². The summed E-state index contributed by atoms with van der Waals surface area (Å²) in [5.74, 6) is 1.34. The van der Waals surface area contributed by atoms with Gasteiger partial charge in [-0.2, -0.15) is 0 Å². The Morgan fingerprint density at radius 1 is 1.53 bits per heavy atom. The summed E-state index contributed by atoms with van der Waals surface area (Å²) in [4.78, 5) is 15.4. The molecule has 3 rings (SSSR count). The van der Waals surface area contributed by atoms with Crippen molar-refractivity contribution in [3.05, 3.63) is 35.9 Å². The van der Waals surface area contributed by atoms with Crippen molar-refractivity contribution in [2.75, 3.05) is 13.2 Å². The minimum Gasteiger partial charge on any atom is -0.381 e. The average Bonchev–Trinajstić information content (AvgIpc) is 2.83. The molecule has 1 aliphatic heterocycles. The van der Waals surface area contributed by atoms with Crippen molar-refractivity contribution in [3.63, 3.8) is 0 Å². The van der Waals surface area contributed by atoms with Crippen LogP contribution in [0, 0.1) is 0 Å². The van der Waals surface area contributed by atoms with E-state index in [0.717, 1.165) is 43.7 Å². The van der Waals surface area contributed by atoms with Crippen LogP contribution >= 0.6 is 0 Å². The van der Waals surface area contributed by atoms with Crippen molar-refractivity contribution in [1.29, 1.82) is 0 Å². The molecular formula is C13H14N2O2. The molecule has 2 aromatic heterocycles. The molecule has 1 atom stereocenters. The number of nitrogens with zero attached hydrogens (tertiary/aromatic N) is 2. The van der Waals surface area contributed by atoms with Gasteiger partial charge in [0.25, 0.3) is 0 Å². The van der Waals surface area contributed by atoms with Crippen LogP contribution in [0.5, 0.6) is 0 Å². The largest absolute Gasteiger partial charge is 0.381 e. The number of pyridine rings is 1. The Morgan fingerprint density at radius 3 is 3.24 bits per heavy atom. The first-order valence-electron chi connectivity index (χ1n) is 5.89. The first-order valence-corrected chi connectivity index (χ1v) is 5.89.